The van der Waals surface area contributed by atoms with Gasteiger partial charge in [0.1, 0.15) is 0 Å². The monoisotopic (exact) mass is 494 g/mol. The third-order valence-corrected chi connectivity index (χ3v) is 7.56. The van der Waals surface area contributed by atoms with Crippen molar-refractivity contribution in [3.8, 4) is 0 Å². The second-order valence-electron chi connectivity index (χ2n) is 13.5. The second-order valence-corrected chi connectivity index (χ2v) is 13.5. The summed E-state index contributed by atoms with van der Waals surface area (Å²) in [4.78, 5) is 0. The zero-order valence-electron chi connectivity index (χ0n) is 24.5. The van der Waals surface area contributed by atoms with Gasteiger partial charge in [-0.1, -0.05) is 133 Å². The molecule has 0 aliphatic heterocycles. The van der Waals surface area contributed by atoms with Crippen molar-refractivity contribution in [3.05, 3.63) is 113 Å². The smallest absolute Gasteiger partial charge is 0.00830 e. The fraction of sp³-hybridized carbons (Fsp3) is 0.459. The van der Waals surface area contributed by atoms with Crippen molar-refractivity contribution in [3.63, 3.8) is 0 Å². The van der Waals surface area contributed by atoms with Crippen molar-refractivity contribution in [2.45, 2.75) is 92.9 Å². The first kappa shape index (κ1) is 29.0. The van der Waals surface area contributed by atoms with Gasteiger partial charge in [0.05, 0.1) is 0 Å². The normalized spacial score (nSPS) is 14.5. The first-order chi connectivity index (χ1) is 17.4. The lowest BCUT2D eigenvalue weighted by Gasteiger charge is -2.25. The van der Waals surface area contributed by atoms with Gasteiger partial charge in [0, 0.05) is 5.92 Å². The Hall–Kier alpha value is -2.60. The average Bonchev–Trinajstić information content (AvgIpc) is 3.36. The molecule has 0 bridgehead atoms. The molecular weight excluding hydrogens is 444 g/mol. The van der Waals surface area contributed by atoms with Gasteiger partial charge in [-0.25, -0.2) is 0 Å². The Morgan fingerprint density at radius 1 is 0.784 bits per heavy atom. The van der Waals surface area contributed by atoms with E-state index in [9.17, 15) is 0 Å². The highest BCUT2D eigenvalue weighted by atomic mass is 14.3. The number of hydrogen-bond acceptors (Lipinski definition) is 0. The van der Waals surface area contributed by atoms with Crippen LogP contribution >= 0.6 is 0 Å². The van der Waals surface area contributed by atoms with Crippen LogP contribution in [0.3, 0.4) is 0 Å². The van der Waals surface area contributed by atoms with Crippen molar-refractivity contribution in [2.24, 2.45) is 16.7 Å². The zero-order valence-corrected chi connectivity index (χ0v) is 24.5. The molecule has 1 aliphatic carbocycles. The Morgan fingerprint density at radius 3 is 1.89 bits per heavy atom. The van der Waals surface area contributed by atoms with Crippen molar-refractivity contribution in [2.75, 3.05) is 0 Å². The number of rotatable bonds is 12. The van der Waals surface area contributed by atoms with Gasteiger partial charge in [0.15, 0.2) is 0 Å². The van der Waals surface area contributed by atoms with E-state index in [-0.39, 0.29) is 5.92 Å². The maximum Gasteiger partial charge on any atom is 0.00830 e. The fourth-order valence-electron chi connectivity index (χ4n) is 5.02. The summed E-state index contributed by atoms with van der Waals surface area (Å²) in [5.74, 6) is 0.267. The molecule has 0 radical (unpaired) electrons. The lowest BCUT2D eigenvalue weighted by Crippen LogP contribution is -2.11. The fourth-order valence-corrected chi connectivity index (χ4v) is 5.02. The summed E-state index contributed by atoms with van der Waals surface area (Å²) in [6.07, 6.45) is 15.4. The van der Waals surface area contributed by atoms with Crippen molar-refractivity contribution in [1.29, 1.82) is 0 Å². The first-order valence-electron chi connectivity index (χ1n) is 14.3. The summed E-state index contributed by atoms with van der Waals surface area (Å²) in [5, 5.41) is 0. The summed E-state index contributed by atoms with van der Waals surface area (Å²) in [5.41, 5.74) is 10.3. The van der Waals surface area contributed by atoms with Gasteiger partial charge in [0.25, 0.3) is 0 Å². The summed E-state index contributed by atoms with van der Waals surface area (Å²) in [6, 6.07) is 18.1. The van der Waals surface area contributed by atoms with Crippen molar-refractivity contribution >= 4 is 5.57 Å². The topological polar surface area (TPSA) is 0 Å². The standard InChI is InChI=1S/C37H50/c1-28(18-19-30-14-10-9-11-15-30)35(27-31-16-12-13-17-31)29(2)34-25-32(20-22-36(3,4)5)24-33(26-34)21-23-37(6,7)8/h9-16,24-26,35H,1-2,17-23,27H2,3-8H3. The molecule has 0 saturated carbocycles. The first-order valence-corrected chi connectivity index (χ1v) is 14.3. The van der Waals surface area contributed by atoms with E-state index in [1.807, 2.05) is 0 Å². The number of hydrogen-bond donors (Lipinski definition) is 0. The molecule has 1 atom stereocenters. The minimum atomic E-state index is 0.267. The molecule has 0 nitrogen and oxygen atoms in total. The molecule has 0 N–H and O–H groups in total. The molecule has 0 aromatic heterocycles. The van der Waals surface area contributed by atoms with E-state index in [0.29, 0.717) is 10.8 Å². The highest BCUT2D eigenvalue weighted by Crippen LogP contribution is 2.37. The molecule has 0 amide bonds. The van der Waals surface area contributed by atoms with Crippen LogP contribution in [0.2, 0.25) is 0 Å². The molecular formula is C37H50. The molecule has 2 aromatic rings. The predicted octanol–water partition coefficient (Wildman–Crippen LogP) is 10.7. The molecule has 37 heavy (non-hydrogen) atoms. The van der Waals surface area contributed by atoms with E-state index < -0.39 is 0 Å². The van der Waals surface area contributed by atoms with Crippen molar-refractivity contribution in [1.82, 2.24) is 0 Å². The number of allylic oxidation sites excluding steroid dienone is 6. The molecule has 2 aromatic carbocycles. The van der Waals surface area contributed by atoms with Crippen molar-refractivity contribution < 1.29 is 0 Å². The quantitative estimate of drug-likeness (QED) is 0.257. The van der Waals surface area contributed by atoms with E-state index >= 15 is 0 Å². The minimum Gasteiger partial charge on any atom is -0.0992 e. The number of aryl methyl sites for hydroxylation is 3. The SMILES string of the molecule is C=C(CCc1ccccc1)C(CC1=CC=CC1)C(=C)c1cc(CCC(C)(C)C)cc(CCC(C)(C)C)c1. The van der Waals surface area contributed by atoms with Crippen LogP contribution < -0.4 is 0 Å². The van der Waals surface area contributed by atoms with Gasteiger partial charge in [-0.05, 0) is 90.0 Å². The number of benzene rings is 2. The zero-order chi connectivity index (χ0) is 27.1. The van der Waals surface area contributed by atoms with Crippen LogP contribution in [0.25, 0.3) is 5.57 Å². The maximum atomic E-state index is 4.73. The van der Waals surface area contributed by atoms with Crippen LogP contribution in [-0.4, -0.2) is 0 Å². The molecule has 0 heterocycles. The van der Waals surface area contributed by atoms with Crippen LogP contribution in [0.15, 0.2) is 91.1 Å². The van der Waals surface area contributed by atoms with E-state index in [1.54, 1.807) is 0 Å². The highest BCUT2D eigenvalue weighted by Gasteiger charge is 2.21. The Bertz CT molecular complexity index is 1070. The Kier molecular flexibility index (Phi) is 10.00. The molecule has 0 heteroatoms. The van der Waals surface area contributed by atoms with Crippen LogP contribution in [0.4, 0.5) is 0 Å². The van der Waals surface area contributed by atoms with Gasteiger partial charge < -0.3 is 0 Å². The molecule has 0 spiro atoms. The largest absolute Gasteiger partial charge is 0.0992 e. The molecule has 0 saturated heterocycles. The van der Waals surface area contributed by atoms with E-state index in [4.69, 9.17) is 6.58 Å². The summed E-state index contributed by atoms with van der Waals surface area (Å²) >= 11 is 0. The average molecular weight is 495 g/mol. The van der Waals surface area contributed by atoms with Gasteiger partial charge in [-0.2, -0.15) is 0 Å². The molecule has 1 aliphatic rings. The third kappa shape index (κ3) is 9.99. The summed E-state index contributed by atoms with van der Waals surface area (Å²) in [7, 11) is 0. The minimum absolute atomic E-state index is 0.267. The van der Waals surface area contributed by atoms with E-state index in [1.165, 1.54) is 51.8 Å². The highest BCUT2D eigenvalue weighted by molar-refractivity contribution is 5.69. The Balaban J connectivity index is 1.87. The summed E-state index contributed by atoms with van der Waals surface area (Å²) in [6.45, 7) is 23.4. The van der Waals surface area contributed by atoms with Gasteiger partial charge in [-0.15, -0.1) is 0 Å². The van der Waals surface area contributed by atoms with Crippen LogP contribution in [0.1, 0.15) is 95.9 Å². The molecule has 0 fully saturated rings. The van der Waals surface area contributed by atoms with Crippen LogP contribution in [0.5, 0.6) is 0 Å². The van der Waals surface area contributed by atoms with Crippen LogP contribution in [-0.2, 0) is 19.3 Å². The van der Waals surface area contributed by atoms with E-state index in [0.717, 1.165) is 38.5 Å². The van der Waals surface area contributed by atoms with E-state index in [2.05, 4.69) is 115 Å². The molecule has 198 valence electrons. The predicted molar refractivity (Wildman–Crippen MR) is 165 cm³/mol. The van der Waals surface area contributed by atoms with Crippen LogP contribution in [0, 0.1) is 16.7 Å². The third-order valence-electron chi connectivity index (χ3n) is 7.56. The molecule has 3 rings (SSSR count). The molecule has 1 unspecified atom stereocenters. The second kappa shape index (κ2) is 12.8. The Morgan fingerprint density at radius 2 is 1.38 bits per heavy atom. The van der Waals surface area contributed by atoms with Gasteiger partial charge in [-0.3, -0.25) is 0 Å². The Labute approximate surface area is 228 Å². The van der Waals surface area contributed by atoms with Gasteiger partial charge in [0.2, 0.25) is 0 Å². The lowest BCUT2D eigenvalue weighted by molar-refractivity contribution is 0.376. The maximum absolute atomic E-state index is 4.73. The lowest BCUT2D eigenvalue weighted by atomic mass is 9.79. The van der Waals surface area contributed by atoms with Gasteiger partial charge >= 0.3 is 0 Å². The summed E-state index contributed by atoms with van der Waals surface area (Å²) < 4.78 is 0.